The van der Waals surface area contributed by atoms with Gasteiger partial charge in [0.2, 0.25) is 5.91 Å². The Balaban J connectivity index is 1.33. The van der Waals surface area contributed by atoms with Crippen molar-refractivity contribution in [3.63, 3.8) is 0 Å². The van der Waals surface area contributed by atoms with Crippen molar-refractivity contribution in [3.05, 3.63) is 48.0 Å². The van der Waals surface area contributed by atoms with Gasteiger partial charge < -0.3 is 25.0 Å². The fraction of sp³-hybridized carbons (Fsp3) is 0.333. The molecule has 0 saturated carbocycles. The molecule has 28 heavy (non-hydrogen) atoms. The number of morpholine rings is 1. The molecule has 7 nitrogen and oxygen atoms in total. The first-order valence-electron chi connectivity index (χ1n) is 9.46. The van der Waals surface area contributed by atoms with Gasteiger partial charge in [0.1, 0.15) is 5.75 Å². The zero-order valence-electron chi connectivity index (χ0n) is 15.6. The highest BCUT2D eigenvalue weighted by molar-refractivity contribution is 5.96. The second-order valence-corrected chi connectivity index (χ2v) is 6.82. The lowest BCUT2D eigenvalue weighted by Crippen LogP contribution is -2.36. The maximum absolute atomic E-state index is 12.3. The SMILES string of the molecule is O=C(COc1cccc2c1NC(=O)CC2)Nc1ccc(N2CCOCC2)cc1. The topological polar surface area (TPSA) is 79.9 Å². The van der Waals surface area contributed by atoms with Crippen molar-refractivity contribution in [1.29, 1.82) is 0 Å². The van der Waals surface area contributed by atoms with E-state index in [1.807, 2.05) is 36.4 Å². The third kappa shape index (κ3) is 4.26. The Morgan fingerprint density at radius 3 is 2.68 bits per heavy atom. The van der Waals surface area contributed by atoms with E-state index in [4.69, 9.17) is 9.47 Å². The van der Waals surface area contributed by atoms with Crippen molar-refractivity contribution in [3.8, 4) is 5.75 Å². The number of anilines is 3. The predicted octanol–water partition coefficient (Wildman–Crippen LogP) is 2.43. The summed E-state index contributed by atoms with van der Waals surface area (Å²) in [4.78, 5) is 26.2. The number of hydrogen-bond donors (Lipinski definition) is 2. The molecule has 0 aromatic heterocycles. The molecule has 0 radical (unpaired) electrons. The maximum atomic E-state index is 12.3. The number of carbonyl (C=O) groups is 2. The zero-order chi connectivity index (χ0) is 19.3. The van der Waals surface area contributed by atoms with E-state index in [1.165, 1.54) is 0 Å². The minimum atomic E-state index is -0.251. The van der Waals surface area contributed by atoms with Gasteiger partial charge in [-0.3, -0.25) is 9.59 Å². The molecule has 0 aliphatic carbocycles. The lowest BCUT2D eigenvalue weighted by atomic mass is 10.0. The van der Waals surface area contributed by atoms with E-state index in [2.05, 4.69) is 15.5 Å². The van der Waals surface area contributed by atoms with Gasteiger partial charge in [0.15, 0.2) is 6.61 Å². The number of amides is 2. The van der Waals surface area contributed by atoms with Crippen molar-refractivity contribution in [1.82, 2.24) is 0 Å². The van der Waals surface area contributed by atoms with Crippen LogP contribution in [-0.2, 0) is 20.7 Å². The fourth-order valence-corrected chi connectivity index (χ4v) is 3.41. The normalized spacial score (nSPS) is 16.1. The van der Waals surface area contributed by atoms with Gasteiger partial charge in [-0.2, -0.15) is 0 Å². The number of benzene rings is 2. The van der Waals surface area contributed by atoms with Crippen LogP contribution in [0.4, 0.5) is 17.1 Å². The molecule has 0 spiro atoms. The number of hydrogen-bond acceptors (Lipinski definition) is 5. The molecule has 2 heterocycles. The van der Waals surface area contributed by atoms with Crippen LogP contribution in [0, 0.1) is 0 Å². The molecule has 146 valence electrons. The van der Waals surface area contributed by atoms with Crippen molar-refractivity contribution in [2.75, 3.05) is 48.4 Å². The molecule has 2 N–H and O–H groups in total. The van der Waals surface area contributed by atoms with Crippen LogP contribution in [0.15, 0.2) is 42.5 Å². The average molecular weight is 381 g/mol. The Labute approximate surface area is 163 Å². The number of fused-ring (bicyclic) bond motifs is 1. The molecule has 4 rings (SSSR count). The summed E-state index contributed by atoms with van der Waals surface area (Å²) >= 11 is 0. The molecule has 2 amide bonds. The highest BCUT2D eigenvalue weighted by Gasteiger charge is 2.19. The number of rotatable bonds is 5. The number of nitrogens with zero attached hydrogens (tertiary/aromatic N) is 1. The van der Waals surface area contributed by atoms with E-state index < -0.39 is 0 Å². The molecule has 0 bridgehead atoms. The molecular formula is C21H23N3O4. The van der Waals surface area contributed by atoms with Gasteiger partial charge in [-0.25, -0.2) is 0 Å². The van der Waals surface area contributed by atoms with E-state index in [1.54, 1.807) is 6.07 Å². The monoisotopic (exact) mass is 381 g/mol. The van der Waals surface area contributed by atoms with Crippen LogP contribution in [0.3, 0.4) is 0 Å². The van der Waals surface area contributed by atoms with Crippen LogP contribution in [0.25, 0.3) is 0 Å². The number of nitrogens with one attached hydrogen (secondary N) is 2. The second kappa shape index (κ2) is 8.31. The minimum Gasteiger partial charge on any atom is -0.482 e. The molecule has 2 aliphatic heterocycles. The Bertz CT molecular complexity index is 860. The Hall–Kier alpha value is -3.06. The standard InChI is InChI=1S/C21H23N3O4/c25-19-9-4-15-2-1-3-18(21(15)23-19)28-14-20(26)22-16-5-7-17(8-6-16)24-10-12-27-13-11-24/h1-3,5-8H,4,9-14H2,(H,22,26)(H,23,25). The van der Waals surface area contributed by atoms with Crippen LogP contribution in [0.5, 0.6) is 5.75 Å². The molecule has 1 saturated heterocycles. The van der Waals surface area contributed by atoms with Gasteiger partial charge in [0, 0.05) is 30.9 Å². The summed E-state index contributed by atoms with van der Waals surface area (Å²) in [6, 6.07) is 13.3. The van der Waals surface area contributed by atoms with Crippen molar-refractivity contribution < 1.29 is 19.1 Å². The number of aryl methyl sites for hydroxylation is 1. The number of carbonyl (C=O) groups excluding carboxylic acids is 2. The molecule has 0 atom stereocenters. The molecule has 2 aromatic carbocycles. The highest BCUT2D eigenvalue weighted by Crippen LogP contribution is 2.32. The fourth-order valence-electron chi connectivity index (χ4n) is 3.41. The van der Waals surface area contributed by atoms with Crippen LogP contribution < -0.4 is 20.3 Å². The summed E-state index contributed by atoms with van der Waals surface area (Å²) < 4.78 is 11.0. The minimum absolute atomic E-state index is 0.0339. The first kappa shape index (κ1) is 18.3. The van der Waals surface area contributed by atoms with Gasteiger partial charge in [0.05, 0.1) is 18.9 Å². The quantitative estimate of drug-likeness (QED) is 0.832. The van der Waals surface area contributed by atoms with Gasteiger partial charge in [-0.05, 0) is 42.3 Å². The smallest absolute Gasteiger partial charge is 0.262 e. The summed E-state index contributed by atoms with van der Waals surface area (Å²) in [7, 11) is 0. The van der Waals surface area contributed by atoms with Gasteiger partial charge in [-0.15, -0.1) is 0 Å². The summed E-state index contributed by atoms with van der Waals surface area (Å²) in [5.41, 5.74) is 3.52. The largest absolute Gasteiger partial charge is 0.482 e. The van der Waals surface area contributed by atoms with E-state index in [-0.39, 0.29) is 18.4 Å². The van der Waals surface area contributed by atoms with Crippen molar-refractivity contribution >= 4 is 28.9 Å². The lowest BCUT2D eigenvalue weighted by Gasteiger charge is -2.28. The van der Waals surface area contributed by atoms with E-state index in [9.17, 15) is 9.59 Å². The lowest BCUT2D eigenvalue weighted by molar-refractivity contribution is -0.118. The van der Waals surface area contributed by atoms with Crippen LogP contribution >= 0.6 is 0 Å². The van der Waals surface area contributed by atoms with E-state index >= 15 is 0 Å². The molecular weight excluding hydrogens is 358 g/mol. The summed E-state index contributed by atoms with van der Waals surface area (Å²) in [6.45, 7) is 3.09. The van der Waals surface area contributed by atoms with Crippen molar-refractivity contribution in [2.24, 2.45) is 0 Å². The van der Waals surface area contributed by atoms with Crippen LogP contribution in [-0.4, -0.2) is 44.7 Å². The molecule has 2 aromatic rings. The Morgan fingerprint density at radius 1 is 1.11 bits per heavy atom. The third-order valence-electron chi connectivity index (χ3n) is 4.88. The summed E-state index contributed by atoms with van der Waals surface area (Å²) in [5, 5.41) is 5.67. The first-order chi connectivity index (χ1) is 13.7. The number of ether oxygens (including phenoxy) is 2. The van der Waals surface area contributed by atoms with Gasteiger partial charge in [0.25, 0.3) is 5.91 Å². The molecule has 1 fully saturated rings. The van der Waals surface area contributed by atoms with E-state index in [0.717, 1.165) is 37.6 Å². The van der Waals surface area contributed by atoms with E-state index in [0.29, 0.717) is 30.0 Å². The third-order valence-corrected chi connectivity index (χ3v) is 4.88. The predicted molar refractivity (Wildman–Crippen MR) is 107 cm³/mol. The van der Waals surface area contributed by atoms with Crippen LogP contribution in [0.2, 0.25) is 0 Å². The molecule has 2 aliphatic rings. The van der Waals surface area contributed by atoms with Crippen molar-refractivity contribution in [2.45, 2.75) is 12.8 Å². The number of para-hydroxylation sites is 1. The average Bonchev–Trinajstić information content (AvgIpc) is 2.73. The van der Waals surface area contributed by atoms with Gasteiger partial charge >= 0.3 is 0 Å². The zero-order valence-corrected chi connectivity index (χ0v) is 15.6. The maximum Gasteiger partial charge on any atom is 0.262 e. The molecule has 7 heteroatoms. The second-order valence-electron chi connectivity index (χ2n) is 6.82. The first-order valence-corrected chi connectivity index (χ1v) is 9.46. The Morgan fingerprint density at radius 2 is 1.89 bits per heavy atom. The highest BCUT2D eigenvalue weighted by atomic mass is 16.5. The van der Waals surface area contributed by atoms with Crippen LogP contribution in [0.1, 0.15) is 12.0 Å². The summed E-state index contributed by atoms with van der Waals surface area (Å²) in [6.07, 6.45) is 1.15. The molecule has 0 unspecified atom stereocenters. The van der Waals surface area contributed by atoms with Gasteiger partial charge in [-0.1, -0.05) is 12.1 Å². The summed E-state index contributed by atoms with van der Waals surface area (Å²) in [5.74, 6) is 0.232. The Kier molecular flexibility index (Phi) is 5.43.